The van der Waals surface area contributed by atoms with Crippen molar-refractivity contribution in [1.82, 2.24) is 4.98 Å². The number of nitrogens with one attached hydrogen (secondary N) is 1. The van der Waals surface area contributed by atoms with Crippen LogP contribution in [0.2, 0.25) is 0 Å². The van der Waals surface area contributed by atoms with E-state index in [9.17, 15) is 4.79 Å². The van der Waals surface area contributed by atoms with Gasteiger partial charge in [0, 0.05) is 10.9 Å². The molecule has 4 nitrogen and oxygen atoms in total. The van der Waals surface area contributed by atoms with E-state index in [-0.39, 0.29) is 0 Å². The second-order valence-electron chi connectivity index (χ2n) is 5.16. The molecule has 0 unspecified atom stereocenters. The number of methoxy groups -OCH3 is 2. The average molecular weight is 295 g/mol. The highest BCUT2D eigenvalue weighted by Crippen LogP contribution is 2.40. The Bertz CT molecular complexity index is 849. The second-order valence-corrected chi connectivity index (χ2v) is 5.16. The van der Waals surface area contributed by atoms with Crippen molar-refractivity contribution in [2.24, 2.45) is 0 Å². The number of benzene rings is 2. The first kappa shape index (κ1) is 14.2. The van der Waals surface area contributed by atoms with Gasteiger partial charge in [-0.05, 0) is 37.3 Å². The molecule has 0 bridgehead atoms. The van der Waals surface area contributed by atoms with Crippen molar-refractivity contribution in [2.45, 2.75) is 6.92 Å². The van der Waals surface area contributed by atoms with E-state index in [4.69, 9.17) is 9.47 Å². The Morgan fingerprint density at radius 2 is 1.86 bits per heavy atom. The van der Waals surface area contributed by atoms with Crippen molar-refractivity contribution in [3.8, 4) is 22.8 Å². The number of H-pyrrole nitrogens is 1. The number of hydrogen-bond acceptors (Lipinski definition) is 3. The molecule has 112 valence electrons. The molecule has 0 spiro atoms. The summed E-state index contributed by atoms with van der Waals surface area (Å²) in [5.41, 5.74) is 4.33. The molecule has 0 aliphatic rings. The van der Waals surface area contributed by atoms with Crippen LogP contribution in [0.4, 0.5) is 0 Å². The molecule has 1 N–H and O–H groups in total. The molecule has 3 rings (SSSR count). The van der Waals surface area contributed by atoms with Crippen molar-refractivity contribution >= 4 is 17.2 Å². The second kappa shape index (κ2) is 5.56. The van der Waals surface area contributed by atoms with E-state index in [1.54, 1.807) is 26.4 Å². The Morgan fingerprint density at radius 1 is 1.05 bits per heavy atom. The Labute approximate surface area is 128 Å². The molecule has 22 heavy (non-hydrogen) atoms. The molecule has 1 heterocycles. The van der Waals surface area contributed by atoms with Gasteiger partial charge in [0.15, 0.2) is 6.29 Å². The van der Waals surface area contributed by atoms with E-state index in [0.29, 0.717) is 17.1 Å². The molecule has 3 aromatic rings. The molecular weight excluding hydrogens is 278 g/mol. The van der Waals surface area contributed by atoms with Crippen molar-refractivity contribution in [2.75, 3.05) is 14.2 Å². The first-order chi connectivity index (χ1) is 10.7. The van der Waals surface area contributed by atoms with Gasteiger partial charge in [-0.25, -0.2) is 0 Å². The smallest absolute Gasteiger partial charge is 0.153 e. The summed E-state index contributed by atoms with van der Waals surface area (Å²) in [7, 11) is 3.16. The maximum absolute atomic E-state index is 11.3. The lowest BCUT2D eigenvalue weighted by Gasteiger charge is -2.13. The number of hydrogen-bond donors (Lipinski definition) is 1. The van der Waals surface area contributed by atoms with Crippen LogP contribution in [0.3, 0.4) is 0 Å². The van der Waals surface area contributed by atoms with Crippen LogP contribution in [-0.4, -0.2) is 25.5 Å². The predicted molar refractivity (Wildman–Crippen MR) is 87.0 cm³/mol. The van der Waals surface area contributed by atoms with E-state index in [2.05, 4.69) is 24.0 Å². The molecule has 0 saturated heterocycles. The van der Waals surface area contributed by atoms with Gasteiger partial charge in [-0.15, -0.1) is 0 Å². The van der Waals surface area contributed by atoms with Gasteiger partial charge >= 0.3 is 0 Å². The lowest BCUT2D eigenvalue weighted by Crippen LogP contribution is -1.97. The van der Waals surface area contributed by atoms with Crippen LogP contribution >= 0.6 is 0 Å². The number of fused-ring (bicyclic) bond motifs is 1. The number of aryl methyl sites for hydroxylation is 1. The van der Waals surface area contributed by atoms with Gasteiger partial charge in [-0.1, -0.05) is 11.6 Å². The minimum Gasteiger partial charge on any atom is -0.496 e. The molecule has 0 fully saturated rings. The summed E-state index contributed by atoms with van der Waals surface area (Å²) in [6.45, 7) is 2.06. The van der Waals surface area contributed by atoms with E-state index in [0.717, 1.165) is 28.4 Å². The fraction of sp³-hybridized carbons (Fsp3) is 0.167. The number of carbonyl (C=O) groups excluding carboxylic acids is 1. The van der Waals surface area contributed by atoms with Gasteiger partial charge in [0.1, 0.15) is 11.5 Å². The number of carbonyl (C=O) groups is 1. The summed E-state index contributed by atoms with van der Waals surface area (Å²) in [4.78, 5) is 14.6. The van der Waals surface area contributed by atoms with Crippen molar-refractivity contribution in [3.63, 3.8) is 0 Å². The summed E-state index contributed by atoms with van der Waals surface area (Å²) < 4.78 is 10.9. The van der Waals surface area contributed by atoms with Gasteiger partial charge in [-0.2, -0.15) is 0 Å². The van der Waals surface area contributed by atoms with E-state index in [1.165, 1.54) is 5.56 Å². The first-order valence-electron chi connectivity index (χ1n) is 6.98. The van der Waals surface area contributed by atoms with Crippen LogP contribution in [-0.2, 0) is 0 Å². The minimum atomic E-state index is 0.494. The molecule has 0 atom stereocenters. The number of rotatable bonds is 4. The summed E-state index contributed by atoms with van der Waals surface area (Å²) in [5.74, 6) is 1.17. The van der Waals surface area contributed by atoms with Crippen LogP contribution < -0.4 is 9.47 Å². The van der Waals surface area contributed by atoms with Crippen LogP contribution in [0.15, 0.2) is 36.4 Å². The lowest BCUT2D eigenvalue weighted by atomic mass is 10.0. The zero-order valence-electron chi connectivity index (χ0n) is 12.8. The van der Waals surface area contributed by atoms with Crippen LogP contribution in [0.5, 0.6) is 11.5 Å². The molecule has 0 saturated carbocycles. The minimum absolute atomic E-state index is 0.494. The third-order valence-corrected chi connectivity index (χ3v) is 3.75. The number of aromatic nitrogens is 1. The quantitative estimate of drug-likeness (QED) is 0.741. The fourth-order valence-electron chi connectivity index (χ4n) is 2.71. The number of aldehydes is 1. The third kappa shape index (κ3) is 2.22. The van der Waals surface area contributed by atoms with E-state index >= 15 is 0 Å². The zero-order valence-corrected chi connectivity index (χ0v) is 12.8. The van der Waals surface area contributed by atoms with Crippen molar-refractivity contribution in [3.05, 3.63) is 47.5 Å². The largest absolute Gasteiger partial charge is 0.496 e. The van der Waals surface area contributed by atoms with Gasteiger partial charge in [-0.3, -0.25) is 4.79 Å². The maximum Gasteiger partial charge on any atom is 0.153 e. The van der Waals surface area contributed by atoms with Crippen LogP contribution in [0, 0.1) is 6.92 Å². The average Bonchev–Trinajstić information content (AvgIpc) is 2.95. The topological polar surface area (TPSA) is 51.3 Å². The normalized spacial score (nSPS) is 10.7. The summed E-state index contributed by atoms with van der Waals surface area (Å²) >= 11 is 0. The SMILES string of the molecule is COc1ccc(C=O)c(OC)c1-c1cc2cc(C)ccc2[nH]1. The molecular formula is C18H17NO3. The first-order valence-corrected chi connectivity index (χ1v) is 6.98. The zero-order chi connectivity index (χ0) is 15.7. The lowest BCUT2D eigenvalue weighted by molar-refractivity contribution is 0.112. The Balaban J connectivity index is 2.30. The highest BCUT2D eigenvalue weighted by atomic mass is 16.5. The Hall–Kier alpha value is -2.75. The standard InChI is InChI=1S/C18H17NO3/c1-11-4-6-14-13(8-11)9-15(19-14)17-16(21-2)7-5-12(10-20)18(17)22-3/h4-10,19H,1-3H3. The summed E-state index contributed by atoms with van der Waals surface area (Å²) in [6, 6.07) is 11.7. The number of ether oxygens (including phenoxy) is 2. The molecule has 1 aromatic heterocycles. The fourth-order valence-corrected chi connectivity index (χ4v) is 2.71. The number of aromatic amines is 1. The van der Waals surface area contributed by atoms with Gasteiger partial charge in [0.2, 0.25) is 0 Å². The molecule has 0 radical (unpaired) electrons. The predicted octanol–water partition coefficient (Wildman–Crippen LogP) is 3.97. The molecule has 0 amide bonds. The van der Waals surface area contributed by atoms with Crippen molar-refractivity contribution < 1.29 is 14.3 Å². The Kier molecular flexibility index (Phi) is 3.59. The van der Waals surface area contributed by atoms with Gasteiger partial charge < -0.3 is 14.5 Å². The highest BCUT2D eigenvalue weighted by Gasteiger charge is 2.18. The van der Waals surface area contributed by atoms with Crippen molar-refractivity contribution in [1.29, 1.82) is 0 Å². The molecule has 0 aliphatic carbocycles. The van der Waals surface area contributed by atoms with Crippen LogP contribution in [0.25, 0.3) is 22.2 Å². The highest BCUT2D eigenvalue weighted by molar-refractivity contribution is 5.93. The third-order valence-electron chi connectivity index (χ3n) is 3.75. The molecule has 0 aliphatic heterocycles. The van der Waals surface area contributed by atoms with Gasteiger partial charge in [0.05, 0.1) is 31.0 Å². The van der Waals surface area contributed by atoms with Crippen LogP contribution in [0.1, 0.15) is 15.9 Å². The van der Waals surface area contributed by atoms with E-state index in [1.807, 2.05) is 12.1 Å². The molecule has 2 aromatic carbocycles. The van der Waals surface area contributed by atoms with E-state index < -0.39 is 0 Å². The van der Waals surface area contributed by atoms with Gasteiger partial charge in [0.25, 0.3) is 0 Å². The summed E-state index contributed by atoms with van der Waals surface area (Å²) in [5, 5.41) is 1.11. The monoisotopic (exact) mass is 295 g/mol. The molecule has 4 heteroatoms. The summed E-state index contributed by atoms with van der Waals surface area (Å²) in [6.07, 6.45) is 0.786. The maximum atomic E-state index is 11.3. The Morgan fingerprint density at radius 3 is 2.55 bits per heavy atom.